The van der Waals surface area contributed by atoms with E-state index in [0.717, 1.165) is 11.6 Å². The maximum atomic E-state index is 6.57. The Hall–Kier alpha value is -3.81. The summed E-state index contributed by atoms with van der Waals surface area (Å²) in [6, 6.07) is 34.5. The maximum Gasteiger partial charge on any atom is 0.0488 e. The van der Waals surface area contributed by atoms with Gasteiger partial charge in [0.25, 0.3) is 0 Å². The molecule has 6 aromatic rings. The van der Waals surface area contributed by atoms with Gasteiger partial charge in [-0.25, -0.2) is 0 Å². The Labute approximate surface area is 197 Å². The minimum atomic E-state index is 0.771. The van der Waals surface area contributed by atoms with E-state index in [2.05, 4.69) is 108 Å². The maximum absolute atomic E-state index is 6.57. The van der Waals surface area contributed by atoms with Gasteiger partial charge in [-0.3, -0.25) is 0 Å². The van der Waals surface area contributed by atoms with E-state index in [-0.39, 0.29) is 0 Å². The largest absolute Gasteiger partial charge is 0.343 e. The van der Waals surface area contributed by atoms with E-state index in [4.69, 9.17) is 11.6 Å². The molecule has 7 rings (SSSR count). The van der Waals surface area contributed by atoms with E-state index >= 15 is 0 Å². The lowest BCUT2D eigenvalue weighted by Crippen LogP contribution is -2.19. The van der Waals surface area contributed by atoms with Gasteiger partial charge >= 0.3 is 0 Å². The van der Waals surface area contributed by atoms with Gasteiger partial charge in [-0.1, -0.05) is 84.4 Å². The SMILES string of the molecule is Clc1ccc2c3ccccc3c3c4ccccc4c4c(c3c2c1)CN(c1ccccc1)C=C4. The molecule has 6 aromatic carbocycles. The number of anilines is 1. The van der Waals surface area contributed by atoms with Crippen molar-refractivity contribution in [1.82, 2.24) is 0 Å². The highest BCUT2D eigenvalue weighted by Crippen LogP contribution is 2.45. The highest BCUT2D eigenvalue weighted by atomic mass is 35.5. The fraction of sp³-hybridized carbons (Fsp3) is 0.0323. The van der Waals surface area contributed by atoms with Crippen LogP contribution in [-0.4, -0.2) is 0 Å². The molecular weight excluding hydrogens is 422 g/mol. The van der Waals surface area contributed by atoms with Crippen molar-refractivity contribution in [3.05, 3.63) is 119 Å². The molecule has 0 saturated carbocycles. The van der Waals surface area contributed by atoms with Crippen molar-refractivity contribution in [2.45, 2.75) is 6.54 Å². The van der Waals surface area contributed by atoms with Gasteiger partial charge < -0.3 is 4.90 Å². The molecule has 0 radical (unpaired) electrons. The molecule has 156 valence electrons. The third-order valence-corrected chi connectivity index (χ3v) is 7.17. The van der Waals surface area contributed by atoms with Gasteiger partial charge in [0.1, 0.15) is 0 Å². The molecular formula is C31H20ClN. The number of rotatable bonds is 1. The lowest BCUT2D eigenvalue weighted by molar-refractivity contribution is 0.967. The van der Waals surface area contributed by atoms with E-state index < -0.39 is 0 Å². The summed E-state index contributed by atoms with van der Waals surface area (Å²) in [5.41, 5.74) is 3.86. The second-order valence-electron chi connectivity index (χ2n) is 8.70. The first-order valence-electron chi connectivity index (χ1n) is 11.3. The summed E-state index contributed by atoms with van der Waals surface area (Å²) in [7, 11) is 0. The molecule has 1 nitrogen and oxygen atoms in total. The third-order valence-electron chi connectivity index (χ3n) is 6.94. The molecule has 33 heavy (non-hydrogen) atoms. The summed E-state index contributed by atoms with van der Waals surface area (Å²) in [4.78, 5) is 2.34. The highest BCUT2D eigenvalue weighted by Gasteiger charge is 2.22. The molecule has 0 atom stereocenters. The van der Waals surface area contributed by atoms with Crippen LogP contribution in [0, 0.1) is 0 Å². The topological polar surface area (TPSA) is 3.24 Å². The number of fused-ring (bicyclic) bond motifs is 11. The van der Waals surface area contributed by atoms with Crippen LogP contribution in [0.1, 0.15) is 11.1 Å². The van der Waals surface area contributed by atoms with Gasteiger partial charge in [0, 0.05) is 23.5 Å². The standard InChI is InChI=1S/C31H20ClN/c32-20-14-15-24-22-10-4-6-12-26(22)30-27-13-7-5-11-23(27)25-16-17-33(21-8-2-1-3-9-21)19-29(25)31(30)28(24)18-20/h1-18H,19H2. The zero-order valence-corrected chi connectivity index (χ0v) is 18.7. The lowest BCUT2D eigenvalue weighted by atomic mass is 9.84. The van der Waals surface area contributed by atoms with E-state index in [1.165, 1.54) is 59.9 Å². The first-order valence-corrected chi connectivity index (χ1v) is 11.6. The van der Waals surface area contributed by atoms with Crippen molar-refractivity contribution in [3.8, 4) is 0 Å². The van der Waals surface area contributed by atoms with Crippen LogP contribution >= 0.6 is 11.6 Å². The van der Waals surface area contributed by atoms with E-state index in [0.29, 0.717) is 0 Å². The number of nitrogens with zero attached hydrogens (tertiary/aromatic N) is 1. The number of benzene rings is 6. The van der Waals surface area contributed by atoms with Crippen LogP contribution in [-0.2, 0) is 6.54 Å². The molecule has 0 aliphatic carbocycles. The van der Waals surface area contributed by atoms with Crippen LogP contribution in [0.25, 0.3) is 49.2 Å². The number of hydrogen-bond acceptors (Lipinski definition) is 1. The quantitative estimate of drug-likeness (QED) is 0.230. The Kier molecular flexibility index (Phi) is 4.03. The van der Waals surface area contributed by atoms with Crippen molar-refractivity contribution in [3.63, 3.8) is 0 Å². The smallest absolute Gasteiger partial charge is 0.0488 e. The molecule has 0 unspecified atom stereocenters. The fourth-order valence-corrected chi connectivity index (χ4v) is 5.70. The van der Waals surface area contributed by atoms with Crippen LogP contribution in [0.4, 0.5) is 5.69 Å². The zero-order valence-electron chi connectivity index (χ0n) is 17.9. The van der Waals surface area contributed by atoms with Crippen molar-refractivity contribution < 1.29 is 0 Å². The fourth-order valence-electron chi connectivity index (χ4n) is 5.53. The van der Waals surface area contributed by atoms with E-state index in [1.54, 1.807) is 0 Å². The first kappa shape index (κ1) is 18.7. The Morgan fingerprint density at radius 2 is 1.21 bits per heavy atom. The summed E-state index contributed by atoms with van der Waals surface area (Å²) < 4.78 is 0. The summed E-state index contributed by atoms with van der Waals surface area (Å²) in [5.74, 6) is 0. The van der Waals surface area contributed by atoms with Gasteiger partial charge in [-0.2, -0.15) is 0 Å². The molecule has 2 heteroatoms. The molecule has 0 N–H and O–H groups in total. The van der Waals surface area contributed by atoms with E-state index in [9.17, 15) is 0 Å². The van der Waals surface area contributed by atoms with Crippen LogP contribution in [0.3, 0.4) is 0 Å². The predicted molar refractivity (Wildman–Crippen MR) is 143 cm³/mol. The molecule has 0 fully saturated rings. The summed E-state index contributed by atoms with van der Waals surface area (Å²) >= 11 is 6.57. The Bertz CT molecular complexity index is 1750. The van der Waals surface area contributed by atoms with Gasteiger partial charge in [-0.05, 0) is 84.6 Å². The Morgan fingerprint density at radius 1 is 0.576 bits per heavy atom. The molecule has 1 aliphatic heterocycles. The normalized spacial score (nSPS) is 13.3. The number of hydrogen-bond donors (Lipinski definition) is 0. The van der Waals surface area contributed by atoms with Gasteiger partial charge in [0.15, 0.2) is 0 Å². The monoisotopic (exact) mass is 441 g/mol. The average Bonchev–Trinajstić information content (AvgIpc) is 2.88. The van der Waals surface area contributed by atoms with Crippen LogP contribution in [0.5, 0.6) is 0 Å². The molecule has 0 bridgehead atoms. The number of para-hydroxylation sites is 1. The average molecular weight is 442 g/mol. The van der Waals surface area contributed by atoms with Crippen LogP contribution < -0.4 is 4.90 Å². The molecule has 0 spiro atoms. The molecule has 1 aliphatic rings. The van der Waals surface area contributed by atoms with Crippen LogP contribution in [0.2, 0.25) is 5.02 Å². The molecule has 1 heterocycles. The zero-order chi connectivity index (χ0) is 21.9. The first-order chi connectivity index (χ1) is 16.3. The van der Waals surface area contributed by atoms with Crippen molar-refractivity contribution in [2.75, 3.05) is 4.90 Å². The third kappa shape index (κ3) is 2.73. The predicted octanol–water partition coefficient (Wildman–Crippen LogP) is 8.94. The molecule has 0 amide bonds. The molecule has 0 saturated heterocycles. The minimum Gasteiger partial charge on any atom is -0.343 e. The minimum absolute atomic E-state index is 0.771. The second kappa shape index (κ2) is 7.10. The summed E-state index contributed by atoms with van der Waals surface area (Å²) in [5, 5.41) is 11.0. The Morgan fingerprint density at radius 3 is 2.00 bits per heavy atom. The van der Waals surface area contributed by atoms with Crippen LogP contribution in [0.15, 0.2) is 103 Å². The summed E-state index contributed by atoms with van der Waals surface area (Å²) in [6.45, 7) is 0.817. The molecule has 0 aromatic heterocycles. The number of halogens is 1. The van der Waals surface area contributed by atoms with Gasteiger partial charge in [0.05, 0.1) is 0 Å². The Balaban J connectivity index is 1.71. The highest BCUT2D eigenvalue weighted by molar-refractivity contribution is 6.36. The summed E-state index contributed by atoms with van der Waals surface area (Å²) in [6.07, 6.45) is 4.49. The van der Waals surface area contributed by atoms with Crippen molar-refractivity contribution in [2.24, 2.45) is 0 Å². The van der Waals surface area contributed by atoms with Gasteiger partial charge in [-0.15, -0.1) is 0 Å². The lowest BCUT2D eigenvalue weighted by Gasteiger charge is -2.29. The van der Waals surface area contributed by atoms with Crippen molar-refractivity contribution in [1.29, 1.82) is 0 Å². The van der Waals surface area contributed by atoms with Crippen molar-refractivity contribution >= 4 is 66.5 Å². The second-order valence-corrected chi connectivity index (χ2v) is 9.14. The van der Waals surface area contributed by atoms with E-state index in [1.807, 2.05) is 6.07 Å². The van der Waals surface area contributed by atoms with Gasteiger partial charge in [0.2, 0.25) is 0 Å².